The molecule has 0 unspecified atom stereocenters. The molecular weight excluding hydrogens is 300 g/mol. The van der Waals surface area contributed by atoms with Crippen LogP contribution in [0, 0.1) is 6.92 Å². The average Bonchev–Trinajstić information content (AvgIpc) is 2.52. The fraction of sp³-hybridized carbons (Fsp3) is 0.438. The highest BCUT2D eigenvalue weighted by Crippen LogP contribution is 2.15. The molecular formula is C16H22N2O5. The molecule has 7 heteroatoms. The lowest BCUT2D eigenvalue weighted by Crippen LogP contribution is -2.46. The molecule has 1 aromatic carbocycles. The van der Waals surface area contributed by atoms with Crippen molar-refractivity contribution in [3.8, 4) is 5.75 Å². The molecule has 2 amide bonds. The molecule has 2 N–H and O–H groups in total. The highest BCUT2D eigenvalue weighted by molar-refractivity contribution is 5.88. The Morgan fingerprint density at radius 3 is 2.52 bits per heavy atom. The highest BCUT2D eigenvalue weighted by Gasteiger charge is 2.16. The van der Waals surface area contributed by atoms with E-state index in [4.69, 9.17) is 9.47 Å². The molecule has 0 saturated heterocycles. The minimum absolute atomic E-state index is 0.288. The van der Waals surface area contributed by atoms with Crippen molar-refractivity contribution < 1.29 is 23.9 Å². The molecule has 0 saturated carbocycles. The average molecular weight is 322 g/mol. The number of aryl methyl sites for hydroxylation is 1. The summed E-state index contributed by atoms with van der Waals surface area (Å²) >= 11 is 0. The number of ether oxygens (including phenoxy) is 2. The third-order valence-corrected chi connectivity index (χ3v) is 2.93. The van der Waals surface area contributed by atoms with Crippen LogP contribution in [0.25, 0.3) is 0 Å². The summed E-state index contributed by atoms with van der Waals surface area (Å²) in [5.74, 6) is -0.920. The van der Waals surface area contributed by atoms with Crippen LogP contribution in [0.1, 0.15) is 19.4 Å². The smallest absolute Gasteiger partial charge is 0.344 e. The molecule has 126 valence electrons. The maximum atomic E-state index is 11.6. The van der Waals surface area contributed by atoms with Gasteiger partial charge in [0.15, 0.2) is 13.2 Å². The quantitative estimate of drug-likeness (QED) is 0.682. The molecule has 23 heavy (non-hydrogen) atoms. The number of nitrogens with one attached hydrogen (secondary N) is 2. The van der Waals surface area contributed by atoms with Crippen LogP contribution in [0.4, 0.5) is 0 Å². The third-order valence-electron chi connectivity index (χ3n) is 2.93. The molecule has 1 aromatic rings. The normalized spacial score (nSPS) is 11.3. The summed E-state index contributed by atoms with van der Waals surface area (Å²) in [7, 11) is 0. The zero-order chi connectivity index (χ0) is 17.2. The van der Waals surface area contributed by atoms with Gasteiger partial charge in [-0.15, -0.1) is 0 Å². The molecule has 0 fully saturated rings. The van der Waals surface area contributed by atoms with Crippen LogP contribution in [-0.2, 0) is 19.1 Å². The van der Waals surface area contributed by atoms with Crippen molar-refractivity contribution in [2.45, 2.75) is 26.8 Å². The first kappa shape index (κ1) is 18.5. The van der Waals surface area contributed by atoms with E-state index >= 15 is 0 Å². The number of hydrogen-bond donors (Lipinski definition) is 2. The maximum Gasteiger partial charge on any atom is 0.344 e. The fourth-order valence-corrected chi connectivity index (χ4v) is 1.72. The molecule has 1 rings (SSSR count). The first-order valence-corrected chi connectivity index (χ1v) is 7.35. The van der Waals surface area contributed by atoms with Crippen LogP contribution >= 0.6 is 0 Å². The number of benzene rings is 1. The van der Waals surface area contributed by atoms with Gasteiger partial charge in [0.1, 0.15) is 11.8 Å². The second-order valence-electron chi connectivity index (χ2n) is 4.90. The van der Waals surface area contributed by atoms with Gasteiger partial charge in [-0.2, -0.15) is 0 Å². The van der Waals surface area contributed by atoms with Gasteiger partial charge in [-0.3, -0.25) is 9.59 Å². The zero-order valence-corrected chi connectivity index (χ0v) is 13.5. The number of esters is 1. The SMILES string of the molecule is CCNC(=O)[C@H](C)NC(=O)COC(=O)COc1ccccc1C. The van der Waals surface area contributed by atoms with Gasteiger partial charge in [-0.1, -0.05) is 18.2 Å². The summed E-state index contributed by atoms with van der Waals surface area (Å²) in [6.07, 6.45) is 0. The zero-order valence-electron chi connectivity index (χ0n) is 13.5. The molecule has 0 spiro atoms. The first-order chi connectivity index (χ1) is 10.9. The summed E-state index contributed by atoms with van der Waals surface area (Å²) < 4.78 is 10.1. The summed E-state index contributed by atoms with van der Waals surface area (Å²) in [6.45, 7) is 4.92. The van der Waals surface area contributed by atoms with Crippen molar-refractivity contribution in [2.75, 3.05) is 19.8 Å². The molecule has 0 heterocycles. The predicted molar refractivity (Wildman–Crippen MR) is 83.9 cm³/mol. The van der Waals surface area contributed by atoms with Crippen LogP contribution in [0.3, 0.4) is 0 Å². The van der Waals surface area contributed by atoms with E-state index in [0.717, 1.165) is 5.56 Å². The van der Waals surface area contributed by atoms with E-state index in [1.807, 2.05) is 19.1 Å². The fourth-order valence-electron chi connectivity index (χ4n) is 1.72. The van der Waals surface area contributed by atoms with Crippen LogP contribution in [0.15, 0.2) is 24.3 Å². The summed E-state index contributed by atoms with van der Waals surface area (Å²) in [5.41, 5.74) is 0.897. The van der Waals surface area contributed by atoms with Crippen molar-refractivity contribution >= 4 is 17.8 Å². The number of carbonyl (C=O) groups excluding carboxylic acids is 3. The van der Waals surface area contributed by atoms with E-state index < -0.39 is 24.5 Å². The van der Waals surface area contributed by atoms with Crippen LogP contribution in [0.2, 0.25) is 0 Å². The molecule has 0 bridgehead atoms. The van der Waals surface area contributed by atoms with Gasteiger partial charge in [0, 0.05) is 6.54 Å². The van der Waals surface area contributed by atoms with Gasteiger partial charge in [-0.05, 0) is 32.4 Å². The van der Waals surface area contributed by atoms with E-state index in [0.29, 0.717) is 12.3 Å². The number of carbonyl (C=O) groups is 3. The van der Waals surface area contributed by atoms with Crippen molar-refractivity contribution in [1.29, 1.82) is 0 Å². The standard InChI is InChI=1S/C16H22N2O5/c1-4-17-16(21)12(3)18-14(19)9-23-15(20)10-22-13-8-6-5-7-11(13)2/h5-8,12H,4,9-10H2,1-3H3,(H,17,21)(H,18,19)/t12-/m0/s1. The molecule has 0 aromatic heterocycles. The molecule has 0 radical (unpaired) electrons. The van der Waals surface area contributed by atoms with Crippen molar-refractivity contribution in [3.63, 3.8) is 0 Å². The number of para-hydroxylation sites is 1. The monoisotopic (exact) mass is 322 g/mol. The Labute approximate surface area is 135 Å². The van der Waals surface area contributed by atoms with Crippen molar-refractivity contribution in [3.05, 3.63) is 29.8 Å². The first-order valence-electron chi connectivity index (χ1n) is 7.35. The number of amides is 2. The Kier molecular flexibility index (Phi) is 7.59. The minimum atomic E-state index is -0.690. The third kappa shape index (κ3) is 6.82. The van der Waals surface area contributed by atoms with Crippen LogP contribution < -0.4 is 15.4 Å². The molecule has 7 nitrogen and oxygen atoms in total. The van der Waals surface area contributed by atoms with Gasteiger partial charge >= 0.3 is 5.97 Å². The van der Waals surface area contributed by atoms with E-state index in [1.54, 1.807) is 26.0 Å². The minimum Gasteiger partial charge on any atom is -0.482 e. The number of likely N-dealkylation sites (N-methyl/N-ethyl adjacent to an activating group) is 1. The highest BCUT2D eigenvalue weighted by atomic mass is 16.6. The van der Waals surface area contributed by atoms with Gasteiger partial charge in [0.25, 0.3) is 5.91 Å². The summed E-state index contributed by atoms with van der Waals surface area (Å²) in [6, 6.07) is 6.56. The maximum absolute atomic E-state index is 11.6. The Balaban J connectivity index is 2.29. The number of rotatable bonds is 8. The Morgan fingerprint density at radius 1 is 1.17 bits per heavy atom. The van der Waals surface area contributed by atoms with Crippen molar-refractivity contribution in [1.82, 2.24) is 10.6 Å². The van der Waals surface area contributed by atoms with Crippen LogP contribution in [0.5, 0.6) is 5.75 Å². The van der Waals surface area contributed by atoms with E-state index in [-0.39, 0.29) is 12.5 Å². The van der Waals surface area contributed by atoms with Crippen LogP contribution in [-0.4, -0.2) is 43.6 Å². The molecule has 0 aliphatic carbocycles. The summed E-state index contributed by atoms with van der Waals surface area (Å²) in [5, 5.41) is 5.01. The lowest BCUT2D eigenvalue weighted by atomic mass is 10.2. The van der Waals surface area contributed by atoms with Gasteiger partial charge in [0.05, 0.1) is 0 Å². The number of hydrogen-bond acceptors (Lipinski definition) is 5. The topological polar surface area (TPSA) is 93.7 Å². The van der Waals surface area contributed by atoms with E-state index in [1.165, 1.54) is 0 Å². The molecule has 0 aliphatic rings. The van der Waals surface area contributed by atoms with Gasteiger partial charge < -0.3 is 20.1 Å². The predicted octanol–water partition coefficient (Wildman–Crippen LogP) is 0.558. The molecule has 0 aliphatic heterocycles. The molecule has 1 atom stereocenters. The Morgan fingerprint density at radius 2 is 1.87 bits per heavy atom. The van der Waals surface area contributed by atoms with E-state index in [2.05, 4.69) is 10.6 Å². The summed E-state index contributed by atoms with van der Waals surface area (Å²) in [4.78, 5) is 34.6. The Bertz CT molecular complexity index is 559. The largest absolute Gasteiger partial charge is 0.482 e. The van der Waals surface area contributed by atoms with Gasteiger partial charge in [0.2, 0.25) is 5.91 Å². The van der Waals surface area contributed by atoms with E-state index in [9.17, 15) is 14.4 Å². The second-order valence-corrected chi connectivity index (χ2v) is 4.90. The second kappa shape index (κ2) is 9.45. The van der Waals surface area contributed by atoms with Gasteiger partial charge in [-0.25, -0.2) is 4.79 Å². The lowest BCUT2D eigenvalue weighted by molar-refractivity contribution is -0.150. The lowest BCUT2D eigenvalue weighted by Gasteiger charge is -2.13. The Hall–Kier alpha value is -2.57. The van der Waals surface area contributed by atoms with Crippen molar-refractivity contribution in [2.24, 2.45) is 0 Å².